The Kier molecular flexibility index (Phi) is 24.4. The second kappa shape index (κ2) is 29.0. The first-order chi connectivity index (χ1) is 38.2. The number of phosphoric acid groups is 1. The van der Waals surface area contributed by atoms with Gasteiger partial charge in [-0.25, -0.2) is 9.36 Å². The molecule has 82 heavy (non-hydrogen) atoms. The number of carbonyl (C=O) groups is 1. The molecular formula is C67H101O9PSi5. The summed E-state index contributed by atoms with van der Waals surface area (Å²) < 4.78 is 64.8. The van der Waals surface area contributed by atoms with Crippen LogP contribution < -0.4 is 20.7 Å². The predicted octanol–water partition coefficient (Wildman–Crippen LogP) is 16.0. The Hall–Kier alpha value is -3.88. The minimum Gasteiger partial charge on any atom is -0.455 e. The third kappa shape index (κ3) is 19.3. The van der Waals surface area contributed by atoms with Gasteiger partial charge < -0.3 is 18.0 Å². The van der Waals surface area contributed by atoms with Gasteiger partial charge in [-0.3, -0.25) is 13.6 Å². The van der Waals surface area contributed by atoms with E-state index < -0.39 is 83.8 Å². The molecule has 15 heteroatoms. The molecule has 4 aromatic carbocycles. The van der Waals surface area contributed by atoms with E-state index in [0.29, 0.717) is 13.0 Å². The summed E-state index contributed by atoms with van der Waals surface area (Å²) in [5, 5.41) is 3.91. The third-order valence-electron chi connectivity index (χ3n) is 15.7. The van der Waals surface area contributed by atoms with E-state index in [1.165, 1.54) is 16.4 Å². The number of rotatable bonds is 29. The number of hydrogen-bond acceptors (Lipinski definition) is 9. The van der Waals surface area contributed by atoms with Crippen LogP contribution in [0.1, 0.15) is 82.1 Å². The largest absolute Gasteiger partial charge is 0.475 e. The van der Waals surface area contributed by atoms with E-state index in [4.69, 9.17) is 31.6 Å². The second-order valence-corrected chi connectivity index (χ2v) is 54.2. The number of carbonyl (C=O) groups excluding carboxylic acids is 1. The Balaban J connectivity index is 1.71. The van der Waals surface area contributed by atoms with Gasteiger partial charge in [-0.05, 0) is 74.0 Å². The van der Waals surface area contributed by atoms with Crippen molar-refractivity contribution < 1.29 is 40.9 Å². The molecule has 0 fully saturated rings. The van der Waals surface area contributed by atoms with Crippen molar-refractivity contribution >= 4 is 75.6 Å². The van der Waals surface area contributed by atoms with Gasteiger partial charge in [0.1, 0.15) is 12.2 Å². The first-order valence-corrected chi connectivity index (χ1v) is 45.1. The van der Waals surface area contributed by atoms with Gasteiger partial charge in [0.2, 0.25) is 0 Å². The molecule has 0 aliphatic carbocycles. The van der Waals surface area contributed by atoms with Crippen LogP contribution in [-0.2, 0) is 40.9 Å². The number of benzene rings is 4. The molecule has 1 heterocycles. The summed E-state index contributed by atoms with van der Waals surface area (Å²) in [6.45, 7) is 41.2. The Morgan fingerprint density at radius 1 is 0.598 bits per heavy atom. The molecule has 0 saturated carbocycles. The summed E-state index contributed by atoms with van der Waals surface area (Å²) in [5.41, 5.74) is -1.29. The molecule has 9 nitrogen and oxygen atoms in total. The number of hydrogen-bond donors (Lipinski definition) is 0. The smallest absolute Gasteiger partial charge is 0.455 e. The average molecular weight is 1220 g/mol. The van der Waals surface area contributed by atoms with E-state index in [1.807, 2.05) is 61.6 Å². The molecule has 448 valence electrons. The summed E-state index contributed by atoms with van der Waals surface area (Å²) in [6, 6.07) is 44.2. The van der Waals surface area contributed by atoms with Crippen LogP contribution in [0.15, 0.2) is 182 Å². The summed E-state index contributed by atoms with van der Waals surface area (Å²) in [4.78, 5) is 12.7. The Morgan fingerprint density at radius 2 is 1.04 bits per heavy atom. The van der Waals surface area contributed by atoms with Crippen LogP contribution in [0.3, 0.4) is 0 Å². The van der Waals surface area contributed by atoms with Crippen LogP contribution >= 0.6 is 7.82 Å². The Morgan fingerprint density at radius 3 is 1.45 bits per heavy atom. The number of allylic oxidation sites excluding steroid dienone is 4. The van der Waals surface area contributed by atoms with Crippen molar-refractivity contribution in [2.45, 2.75) is 186 Å². The Bertz CT molecular complexity index is 2700. The molecule has 0 N–H and O–H groups in total. The lowest BCUT2D eigenvalue weighted by atomic mass is 9.93. The van der Waals surface area contributed by atoms with Crippen LogP contribution in [0.4, 0.5) is 0 Å². The van der Waals surface area contributed by atoms with Crippen LogP contribution in [0, 0.1) is 0 Å². The third-order valence-corrected chi connectivity index (χ3v) is 35.3. The van der Waals surface area contributed by atoms with E-state index in [1.54, 1.807) is 0 Å². The van der Waals surface area contributed by atoms with Gasteiger partial charge in [0.05, 0.1) is 31.5 Å². The first kappa shape index (κ1) is 68.9. The molecule has 0 amide bonds. The zero-order valence-corrected chi connectivity index (χ0v) is 59.0. The zero-order chi connectivity index (χ0) is 60.7. The van der Waals surface area contributed by atoms with E-state index in [-0.39, 0.29) is 29.7 Å². The normalized spacial score (nSPS) is 17.2. The van der Waals surface area contributed by atoms with Crippen LogP contribution in [0.5, 0.6) is 0 Å². The molecule has 0 saturated heterocycles. The number of ether oxygens (including phenoxy) is 1. The highest BCUT2D eigenvalue weighted by Crippen LogP contribution is 2.55. The van der Waals surface area contributed by atoms with Crippen molar-refractivity contribution in [2.75, 3.05) is 19.8 Å². The van der Waals surface area contributed by atoms with Crippen LogP contribution in [0.25, 0.3) is 0 Å². The topological polar surface area (TPSA) is 98.8 Å². The maximum atomic E-state index is 15.8. The van der Waals surface area contributed by atoms with Gasteiger partial charge in [0, 0.05) is 35.1 Å². The number of esters is 1. The monoisotopic (exact) mass is 1220 g/mol. The van der Waals surface area contributed by atoms with Gasteiger partial charge in [-0.2, -0.15) is 0 Å². The van der Waals surface area contributed by atoms with E-state index in [9.17, 15) is 4.79 Å². The zero-order valence-electron chi connectivity index (χ0n) is 53.1. The van der Waals surface area contributed by atoms with E-state index in [2.05, 4.69) is 236 Å². The molecule has 0 bridgehead atoms. The highest BCUT2D eigenvalue weighted by Gasteiger charge is 2.54. The van der Waals surface area contributed by atoms with Crippen molar-refractivity contribution in [3.05, 3.63) is 182 Å². The molecule has 4 atom stereocenters. The van der Waals surface area contributed by atoms with Crippen molar-refractivity contribution in [1.29, 1.82) is 0 Å². The fourth-order valence-electron chi connectivity index (χ4n) is 10.1. The lowest BCUT2D eigenvalue weighted by molar-refractivity contribution is -0.141. The molecule has 4 aromatic rings. The molecule has 0 unspecified atom stereocenters. The maximum Gasteiger partial charge on any atom is 0.475 e. The first-order valence-electron chi connectivity index (χ1n) is 29.5. The molecule has 0 spiro atoms. The Labute approximate surface area is 501 Å². The lowest BCUT2D eigenvalue weighted by Crippen LogP contribution is -2.68. The highest BCUT2D eigenvalue weighted by molar-refractivity contribution is 7.48. The van der Waals surface area contributed by atoms with Crippen LogP contribution in [0.2, 0.25) is 79.6 Å². The summed E-state index contributed by atoms with van der Waals surface area (Å²) in [5.74, 6) is -0.407. The van der Waals surface area contributed by atoms with Gasteiger partial charge in [-0.1, -0.05) is 272 Å². The minimum absolute atomic E-state index is 0.153. The molecule has 0 aromatic heterocycles. The van der Waals surface area contributed by atoms with E-state index in [0.717, 1.165) is 22.5 Å². The molecular weight excluding hydrogens is 1120 g/mol. The van der Waals surface area contributed by atoms with E-state index >= 15 is 4.57 Å². The standard InChI is InChI=1S/C67H101O9PSi5/c1-64(2,3)80(17,18)76-67(10,49-48-56-38-36-47-63(68)73-56)62(74-77(69,70-51-53-78(11,12)13)71-52-54-79(14,15)16)55-57(75-82(66(7,8)9,60-43-31-24-32-44-60)61-45-33-25-34-46-61)37-26-20-19-21-35-50-72-81(65(4,5)6,58-39-27-22-28-40-58)59-41-29-23-30-42-59/h19-37,39-49,56-57,62H,38,50-55H2,1-18H3/b20-19-,35-21+,37-26-,49-48+/t56-,57+,62-,67-/m1/s1. The minimum atomic E-state index is -4.33. The molecule has 1 aliphatic rings. The SMILES string of the molecule is CC(C)(C)[Si](C)(C)O[C@](C)(/C=C/[C@H]1CC=CC(=O)O1)[C@@H](C[C@H](\C=C/C=C\C=C\CO[Si](c1ccccc1)(c1ccccc1)C(C)(C)C)O[Si](c1ccccc1)(c1ccccc1)C(C)(C)C)OP(=O)(OCC[Si](C)(C)C)OCC[Si](C)(C)C. The lowest BCUT2D eigenvalue weighted by Gasteiger charge is -2.48. The van der Waals surface area contributed by atoms with Crippen molar-refractivity contribution in [2.24, 2.45) is 0 Å². The molecule has 1 aliphatic heterocycles. The quantitative estimate of drug-likeness (QED) is 0.0173. The predicted molar refractivity (Wildman–Crippen MR) is 358 cm³/mol. The van der Waals surface area contributed by atoms with Gasteiger partial charge >= 0.3 is 13.8 Å². The summed E-state index contributed by atoms with van der Waals surface area (Å²) >= 11 is 0. The molecule has 5 rings (SSSR count). The summed E-state index contributed by atoms with van der Waals surface area (Å²) in [6.07, 6.45) is 17.9. The van der Waals surface area contributed by atoms with Crippen molar-refractivity contribution in [1.82, 2.24) is 0 Å². The maximum absolute atomic E-state index is 15.8. The number of phosphoric ester groups is 1. The second-order valence-electron chi connectivity index (χ2n) is 28.1. The average Bonchev–Trinajstić information content (AvgIpc) is 3.07. The van der Waals surface area contributed by atoms with Gasteiger partial charge in [0.15, 0.2) is 8.32 Å². The fourth-order valence-corrected chi connectivity index (χ4v) is 24.1. The fraction of sp³-hybridized carbons (Fsp3) is 0.478. The van der Waals surface area contributed by atoms with Gasteiger partial charge in [-0.15, -0.1) is 0 Å². The molecule has 0 radical (unpaired) electrons. The summed E-state index contributed by atoms with van der Waals surface area (Å²) in [7, 11) is -16.4. The van der Waals surface area contributed by atoms with Crippen LogP contribution in [-0.4, -0.2) is 90.8 Å². The van der Waals surface area contributed by atoms with Crippen molar-refractivity contribution in [3.8, 4) is 0 Å². The number of cyclic esters (lactones) is 1. The van der Waals surface area contributed by atoms with Crippen molar-refractivity contribution in [3.63, 3.8) is 0 Å². The van der Waals surface area contributed by atoms with Gasteiger partial charge in [0.25, 0.3) is 16.6 Å². The highest BCUT2D eigenvalue weighted by atomic mass is 31.2.